The van der Waals surface area contributed by atoms with Crippen LogP contribution in [0.1, 0.15) is 55.2 Å². The van der Waals surface area contributed by atoms with Crippen LogP contribution in [0.5, 0.6) is 5.75 Å². The second-order valence-electron chi connectivity index (χ2n) is 9.94. The van der Waals surface area contributed by atoms with Crippen molar-refractivity contribution in [3.8, 4) is 5.75 Å². The topological polar surface area (TPSA) is 123 Å². The maximum Gasteiger partial charge on any atom is 0.242 e. The molecule has 2 heterocycles. The van der Waals surface area contributed by atoms with Gasteiger partial charge in [0.15, 0.2) is 0 Å². The standard InChI is InChI=1S/C29H37N3O4.H3N/c1-21-9-11-25-18-24(21)19-30-29(35)26(12-10-22-6-3-2-4-7-22)31-27(33)13-14-28(34)32-16-5-8-23(20-32)15-17-36-25;/h2-4,6-7,9,11,18,23,26H,5,8,10,12-17,19-20H2,1H3,(H,30,35)(H,31,33);1H3. The van der Waals surface area contributed by atoms with E-state index in [1.807, 2.05) is 60.4 Å². The molecule has 8 nitrogen and oxygen atoms in total. The lowest BCUT2D eigenvalue weighted by molar-refractivity contribution is -0.135. The minimum Gasteiger partial charge on any atom is -0.494 e. The summed E-state index contributed by atoms with van der Waals surface area (Å²) in [5, 5.41) is 5.89. The zero-order valence-electron chi connectivity index (χ0n) is 21.8. The number of amides is 3. The Morgan fingerprint density at radius 1 is 1.03 bits per heavy atom. The summed E-state index contributed by atoms with van der Waals surface area (Å²) in [5.41, 5.74) is 3.17. The van der Waals surface area contributed by atoms with Crippen molar-refractivity contribution in [1.29, 1.82) is 0 Å². The molecule has 0 aliphatic carbocycles. The molecule has 2 aromatic carbocycles. The molecular formula is C29H40N4O4. The Morgan fingerprint density at radius 3 is 2.65 bits per heavy atom. The fraction of sp³-hybridized carbons (Fsp3) is 0.483. The molecule has 0 aromatic heterocycles. The third-order valence-corrected chi connectivity index (χ3v) is 7.22. The molecule has 1 fully saturated rings. The first-order valence-electron chi connectivity index (χ1n) is 13.1. The van der Waals surface area contributed by atoms with E-state index in [-0.39, 0.29) is 36.7 Å². The largest absolute Gasteiger partial charge is 0.494 e. The average Bonchev–Trinajstić information content (AvgIpc) is 2.90. The highest BCUT2D eigenvalue weighted by molar-refractivity contribution is 5.89. The molecule has 0 radical (unpaired) electrons. The van der Waals surface area contributed by atoms with Gasteiger partial charge in [-0.2, -0.15) is 0 Å². The molecule has 5 N–H and O–H groups in total. The summed E-state index contributed by atoms with van der Waals surface area (Å²) in [6.45, 7) is 4.41. The number of hydrogen-bond acceptors (Lipinski definition) is 5. The van der Waals surface area contributed by atoms with Crippen LogP contribution in [0.4, 0.5) is 0 Å². The summed E-state index contributed by atoms with van der Waals surface area (Å²) in [6.07, 6.45) is 4.32. The molecule has 2 atom stereocenters. The van der Waals surface area contributed by atoms with Crippen LogP contribution in [0.25, 0.3) is 0 Å². The number of piperidine rings is 1. The fourth-order valence-corrected chi connectivity index (χ4v) is 4.97. The SMILES string of the molecule is Cc1ccc2cc1CNC(=O)C(CCc1ccccc1)NC(=O)CCC(=O)N1CCCC(CCO2)C1.N. The van der Waals surface area contributed by atoms with Crippen LogP contribution in [0.3, 0.4) is 0 Å². The van der Waals surface area contributed by atoms with Crippen molar-refractivity contribution in [2.24, 2.45) is 5.92 Å². The van der Waals surface area contributed by atoms with Crippen LogP contribution >= 0.6 is 0 Å². The van der Waals surface area contributed by atoms with Crippen LogP contribution < -0.4 is 21.5 Å². The maximum absolute atomic E-state index is 13.2. The van der Waals surface area contributed by atoms with Crippen molar-refractivity contribution in [3.63, 3.8) is 0 Å². The van der Waals surface area contributed by atoms with Crippen LogP contribution in [0, 0.1) is 12.8 Å². The average molecular weight is 509 g/mol. The Labute approximate surface area is 219 Å². The second kappa shape index (κ2) is 13.8. The zero-order valence-corrected chi connectivity index (χ0v) is 21.8. The Hall–Kier alpha value is -3.39. The predicted octanol–water partition coefficient (Wildman–Crippen LogP) is 3.69. The summed E-state index contributed by atoms with van der Waals surface area (Å²) in [7, 11) is 0. The Bertz CT molecular complexity index is 1060. The summed E-state index contributed by atoms with van der Waals surface area (Å²) < 4.78 is 6.04. The number of nitrogens with zero attached hydrogens (tertiary/aromatic N) is 1. The summed E-state index contributed by atoms with van der Waals surface area (Å²) in [6, 6.07) is 15.2. The predicted molar refractivity (Wildman–Crippen MR) is 143 cm³/mol. The maximum atomic E-state index is 13.2. The number of carbonyl (C=O) groups excluding carboxylic acids is 3. The van der Waals surface area contributed by atoms with E-state index in [4.69, 9.17) is 4.74 Å². The third kappa shape index (κ3) is 8.32. The molecule has 2 aromatic rings. The third-order valence-electron chi connectivity index (χ3n) is 7.22. The second-order valence-corrected chi connectivity index (χ2v) is 9.94. The molecule has 2 aliphatic heterocycles. The van der Waals surface area contributed by atoms with Crippen molar-refractivity contribution in [2.75, 3.05) is 19.7 Å². The molecule has 8 heteroatoms. The van der Waals surface area contributed by atoms with Crippen molar-refractivity contribution in [2.45, 2.75) is 64.5 Å². The van der Waals surface area contributed by atoms with Crippen LogP contribution in [-0.2, 0) is 27.3 Å². The monoisotopic (exact) mass is 508 g/mol. The number of hydrogen-bond donors (Lipinski definition) is 3. The number of nitrogens with one attached hydrogen (secondary N) is 2. The van der Waals surface area contributed by atoms with Gasteiger partial charge in [0.25, 0.3) is 0 Å². The van der Waals surface area contributed by atoms with Gasteiger partial charge in [0, 0.05) is 32.5 Å². The van der Waals surface area contributed by atoms with Gasteiger partial charge in [-0.05, 0) is 73.8 Å². The molecule has 4 bridgehead atoms. The normalized spacial score (nSPS) is 21.4. The van der Waals surface area contributed by atoms with Crippen LogP contribution in [0.2, 0.25) is 0 Å². The van der Waals surface area contributed by atoms with Gasteiger partial charge in [-0.25, -0.2) is 0 Å². The van der Waals surface area contributed by atoms with Crippen molar-refractivity contribution < 1.29 is 19.1 Å². The van der Waals surface area contributed by atoms with Gasteiger partial charge in [0.05, 0.1) is 6.61 Å². The Balaban J connectivity index is 0.00000380. The van der Waals surface area contributed by atoms with Gasteiger partial charge < -0.3 is 26.4 Å². The summed E-state index contributed by atoms with van der Waals surface area (Å²) in [5.74, 6) is 0.699. The molecule has 2 unspecified atom stereocenters. The molecule has 1 saturated heterocycles. The molecule has 4 rings (SSSR count). The minimum absolute atomic E-state index is 0. The highest BCUT2D eigenvalue weighted by Crippen LogP contribution is 2.23. The molecule has 37 heavy (non-hydrogen) atoms. The highest BCUT2D eigenvalue weighted by Gasteiger charge is 2.25. The van der Waals surface area contributed by atoms with E-state index in [0.29, 0.717) is 38.5 Å². The summed E-state index contributed by atoms with van der Waals surface area (Å²) in [4.78, 5) is 40.6. The van der Waals surface area contributed by atoms with Gasteiger partial charge in [-0.15, -0.1) is 0 Å². The smallest absolute Gasteiger partial charge is 0.242 e. The van der Waals surface area contributed by atoms with Crippen LogP contribution in [-0.4, -0.2) is 48.4 Å². The van der Waals surface area contributed by atoms with E-state index >= 15 is 0 Å². The van der Waals surface area contributed by atoms with E-state index in [1.165, 1.54) is 0 Å². The van der Waals surface area contributed by atoms with Gasteiger partial charge in [0.1, 0.15) is 11.8 Å². The molecule has 200 valence electrons. The minimum atomic E-state index is -0.675. The molecule has 3 amide bonds. The van der Waals surface area contributed by atoms with Gasteiger partial charge in [-0.1, -0.05) is 36.4 Å². The lowest BCUT2D eigenvalue weighted by Gasteiger charge is -2.33. The van der Waals surface area contributed by atoms with Gasteiger partial charge >= 0.3 is 0 Å². The van der Waals surface area contributed by atoms with E-state index in [9.17, 15) is 14.4 Å². The van der Waals surface area contributed by atoms with Crippen molar-refractivity contribution in [3.05, 3.63) is 65.2 Å². The Kier molecular flexibility index (Phi) is 10.5. The zero-order chi connectivity index (χ0) is 25.3. The van der Waals surface area contributed by atoms with Crippen molar-refractivity contribution >= 4 is 17.7 Å². The number of aryl methyl sites for hydroxylation is 2. The number of benzene rings is 2. The molecule has 0 spiro atoms. The number of ether oxygens (including phenoxy) is 1. The van der Waals surface area contributed by atoms with Gasteiger partial charge in [0.2, 0.25) is 17.7 Å². The highest BCUT2D eigenvalue weighted by atomic mass is 16.5. The molecular weight excluding hydrogens is 468 g/mol. The van der Waals surface area contributed by atoms with Gasteiger partial charge in [-0.3, -0.25) is 14.4 Å². The number of fused-ring (bicyclic) bond motifs is 4. The molecule has 2 aliphatic rings. The van der Waals surface area contributed by atoms with E-state index < -0.39 is 6.04 Å². The lowest BCUT2D eigenvalue weighted by Crippen LogP contribution is -2.47. The molecule has 0 saturated carbocycles. The lowest BCUT2D eigenvalue weighted by atomic mass is 9.95. The first-order chi connectivity index (χ1) is 17.5. The van der Waals surface area contributed by atoms with Crippen molar-refractivity contribution in [1.82, 2.24) is 21.7 Å². The summed E-state index contributed by atoms with van der Waals surface area (Å²) >= 11 is 0. The number of carbonyl (C=O) groups is 3. The van der Waals surface area contributed by atoms with Crippen LogP contribution in [0.15, 0.2) is 48.5 Å². The van der Waals surface area contributed by atoms with E-state index in [0.717, 1.165) is 48.2 Å². The van der Waals surface area contributed by atoms with E-state index in [1.54, 1.807) is 0 Å². The fourth-order valence-electron chi connectivity index (χ4n) is 4.97. The number of rotatable bonds is 3. The Morgan fingerprint density at radius 2 is 1.84 bits per heavy atom. The first kappa shape index (κ1) is 28.2. The quantitative estimate of drug-likeness (QED) is 0.584. The first-order valence-corrected chi connectivity index (χ1v) is 13.1. The van der Waals surface area contributed by atoms with E-state index in [2.05, 4.69) is 10.6 Å².